The molecule has 0 spiro atoms. The molecule has 12 bridgehead atoms. The average Bonchev–Trinajstić information content (AvgIpc) is 1.51. The summed E-state index contributed by atoms with van der Waals surface area (Å²) >= 11 is -1.92. The molecule has 515 valence electrons. The number of halogens is 6. The number of H-pyrrole nitrogens is 2. The van der Waals surface area contributed by atoms with Crippen LogP contribution in [0.2, 0.25) is 0 Å². The van der Waals surface area contributed by atoms with E-state index in [1.54, 1.807) is 67.6 Å². The SMILES string of the molecule is C.C.C1CCOC1.CCOC(=O)N1Cc2ccc(F)c(c2)OC/C=C/CCOc2cc1c([N+](=O)[O-])c(N)n2.Nc1nc2cc3c1[nH]c(=O)n3Cc1ccc(F)c(c1)OC/C=C/CCO2.Nc1nc2cc3c1[nH]c(=O)n3Cc1ccc(F)c(c1)OC/C=C/CCO2.O=O.[Cl][Ti]([Cl])[Cl]. The number of hydrogen-bond donors (Lipinski definition) is 5. The van der Waals surface area contributed by atoms with Crippen LogP contribution in [-0.2, 0) is 43.8 Å². The van der Waals surface area contributed by atoms with Crippen LogP contribution >= 0.6 is 27.9 Å². The summed E-state index contributed by atoms with van der Waals surface area (Å²) < 4.78 is 88.3. The van der Waals surface area contributed by atoms with Gasteiger partial charge in [0.1, 0.15) is 36.5 Å². The minimum atomic E-state index is -1.92. The Kier molecular flexibility index (Phi) is 31.3. The molecule has 8 N–H and O–H groups in total. The molecule has 1 fully saturated rings. The second-order valence-corrected chi connectivity index (χ2v) is 27.6. The van der Waals surface area contributed by atoms with Gasteiger partial charge in [0.15, 0.2) is 46.3 Å². The summed E-state index contributed by atoms with van der Waals surface area (Å²) in [5.41, 5.74) is 20.3. The molecule has 1 amide bonds. The molecule has 3 aromatic carbocycles. The number of fused-ring (bicyclic) bond motifs is 10. The molecule has 4 aliphatic rings. The molecule has 96 heavy (non-hydrogen) atoms. The van der Waals surface area contributed by atoms with Gasteiger partial charge in [-0.1, -0.05) is 69.5 Å². The van der Waals surface area contributed by atoms with Gasteiger partial charge in [0, 0.05) is 41.3 Å². The van der Waals surface area contributed by atoms with E-state index in [-0.39, 0.29) is 119 Å². The van der Waals surface area contributed by atoms with Crippen molar-refractivity contribution in [1.82, 2.24) is 34.1 Å². The number of benzene rings is 3. The van der Waals surface area contributed by atoms with Crippen LogP contribution in [0.15, 0.2) is 119 Å². The molecular formula is C62H71Cl3F3N12O15Ti. The Bertz CT molecular complexity index is 3940. The zero-order chi connectivity index (χ0) is 67.7. The number of nitrogen functional groups attached to an aromatic ring is 3. The Balaban J connectivity index is 0.000000239. The number of anilines is 4. The Labute approximate surface area is 565 Å². The fourth-order valence-corrected chi connectivity index (χ4v) is 9.20. The van der Waals surface area contributed by atoms with Gasteiger partial charge in [0.2, 0.25) is 23.5 Å². The second kappa shape index (κ2) is 38.9. The van der Waals surface area contributed by atoms with Gasteiger partial charge >= 0.3 is 65.8 Å². The Morgan fingerprint density at radius 3 is 1.33 bits per heavy atom. The van der Waals surface area contributed by atoms with Crippen LogP contribution < -0.4 is 61.9 Å². The van der Waals surface area contributed by atoms with Crippen molar-refractivity contribution in [1.29, 1.82) is 0 Å². The summed E-state index contributed by atoms with van der Waals surface area (Å²) in [5, 5.41) is 11.7. The number of amides is 1. The fourth-order valence-electron chi connectivity index (χ4n) is 9.20. The number of ether oxygens (including phenoxy) is 8. The number of hydrogen-bond acceptors (Lipinski definition) is 21. The number of rotatable bonds is 2. The third-order valence-electron chi connectivity index (χ3n) is 13.4. The van der Waals surface area contributed by atoms with Crippen molar-refractivity contribution in [2.75, 3.05) is 81.6 Å². The zero-order valence-corrected chi connectivity index (χ0v) is 54.0. The van der Waals surface area contributed by atoms with Crippen molar-refractivity contribution in [3.63, 3.8) is 0 Å². The third-order valence-corrected chi connectivity index (χ3v) is 13.4. The van der Waals surface area contributed by atoms with Crippen LogP contribution in [-0.4, -0.2) is 105 Å². The van der Waals surface area contributed by atoms with E-state index < -0.39 is 54.7 Å². The Morgan fingerprint density at radius 2 is 0.969 bits per heavy atom. The molecule has 1 saturated heterocycles. The fraction of sp³-hybridized carbons (Fsp3) is 0.323. The molecule has 9 heterocycles. The Hall–Kier alpha value is -9.33. The molecule has 5 aromatic heterocycles. The maximum atomic E-state index is 14.1. The number of imidazole rings is 2. The Morgan fingerprint density at radius 1 is 0.594 bits per heavy atom. The maximum absolute atomic E-state index is 14.1. The number of nitro groups is 1. The van der Waals surface area contributed by atoms with Crippen molar-refractivity contribution < 1.29 is 75.5 Å². The van der Waals surface area contributed by atoms with Gasteiger partial charge < -0.3 is 65.1 Å². The molecule has 0 saturated carbocycles. The van der Waals surface area contributed by atoms with Gasteiger partial charge in [0.05, 0.1) is 62.0 Å². The van der Waals surface area contributed by atoms with Crippen molar-refractivity contribution in [3.05, 3.63) is 184 Å². The number of aromatic nitrogens is 7. The molecule has 0 radical (unpaired) electrons. The monoisotopic (exact) mass is 1430 g/mol. The molecular weight excluding hydrogens is 1360 g/mol. The molecule has 0 atom stereocenters. The van der Waals surface area contributed by atoms with Gasteiger partial charge in [-0.25, -0.2) is 27.6 Å². The zero-order valence-electron chi connectivity index (χ0n) is 50.2. The summed E-state index contributed by atoms with van der Waals surface area (Å²) in [7, 11) is 14.9. The predicted molar refractivity (Wildman–Crippen MR) is 357 cm³/mol. The third kappa shape index (κ3) is 22.1. The second-order valence-electron chi connectivity index (χ2n) is 19.9. The first-order valence-corrected chi connectivity index (χ1v) is 35.1. The molecule has 4 aliphatic heterocycles. The van der Waals surface area contributed by atoms with Crippen LogP contribution in [0.25, 0.3) is 22.1 Å². The summed E-state index contributed by atoms with van der Waals surface area (Å²) in [4.78, 5) is 81.1. The number of aromatic amines is 2. The summed E-state index contributed by atoms with van der Waals surface area (Å²) in [5.74, 6) is -0.497. The van der Waals surface area contributed by atoms with E-state index in [4.69, 9.17) is 92.9 Å². The van der Waals surface area contributed by atoms with Gasteiger partial charge in [-0.2, -0.15) is 15.0 Å². The van der Waals surface area contributed by atoms with Crippen molar-refractivity contribution >= 4 is 84.9 Å². The standard InChI is InChI=1S/C20H21FN4O6.2C18H17FN4O3.C4H8O.2CH4.3ClH.O2.Ti/c1-2-29-20(26)24-12-13-6-7-14(21)16(10-13)30-8-4-3-5-9-31-17-11-15(24)18(25(27)28)19(22)23-17;2*19-12-5-4-11-8-14(12)25-6-2-1-3-7-26-15-9-13-16(17(20)21-15)22-18(24)23(13)10-11;1-2-4-5-3-1;;;;;;1-2;/h3-4,6-7,10-11H,2,5,8-9,12H2,1H3,(H2,22,23);2*1-2,4-5,8-9H,3,6-7,10H2,(H2,20,21)(H,22,24);1-4H2;2*1H4;3*1H;;/q;;;;;;;;;;+3/p-3/b4-3+;2*2-1+;;;;;;;;. The van der Waals surface area contributed by atoms with Crippen LogP contribution in [0.4, 0.5) is 46.8 Å². The van der Waals surface area contributed by atoms with Crippen molar-refractivity contribution in [3.8, 4) is 34.9 Å². The predicted octanol–water partition coefficient (Wildman–Crippen LogP) is 12.2. The number of nitrogens with zero attached hydrogens (tertiary/aromatic N) is 7. The molecule has 27 nitrogen and oxygen atoms in total. The van der Waals surface area contributed by atoms with E-state index in [0.717, 1.165) is 29.2 Å². The first kappa shape index (κ1) is 77.4. The van der Waals surface area contributed by atoms with E-state index in [1.807, 2.05) is 12.2 Å². The topological polar surface area (TPSA) is 364 Å². The van der Waals surface area contributed by atoms with Gasteiger partial charge in [-0.15, -0.1) is 0 Å². The molecule has 0 aliphatic carbocycles. The van der Waals surface area contributed by atoms with E-state index >= 15 is 0 Å². The van der Waals surface area contributed by atoms with Crippen molar-refractivity contribution in [2.24, 2.45) is 0 Å². The van der Waals surface area contributed by atoms with Gasteiger partial charge in [-0.05, 0) is 92.1 Å². The summed E-state index contributed by atoms with van der Waals surface area (Å²) in [6, 6.07) is 17.7. The quantitative estimate of drug-likeness (QED) is 0.0464. The number of nitrogens with one attached hydrogen (secondary N) is 2. The van der Waals surface area contributed by atoms with Gasteiger partial charge in [-0.3, -0.25) is 24.1 Å². The minimum absolute atomic E-state index is 0. The molecule has 12 rings (SSSR count). The van der Waals surface area contributed by atoms with E-state index in [9.17, 15) is 37.7 Å². The van der Waals surface area contributed by atoms with Gasteiger partial charge in [0.25, 0.3) is 0 Å². The van der Waals surface area contributed by atoms with E-state index in [0.29, 0.717) is 71.9 Å². The van der Waals surface area contributed by atoms with Crippen molar-refractivity contribution in [2.45, 2.75) is 73.5 Å². The molecule has 34 heteroatoms. The molecule has 0 unspecified atom stereocenters. The van der Waals surface area contributed by atoms with Crippen LogP contribution in [0.5, 0.6) is 34.9 Å². The van der Waals surface area contributed by atoms with E-state index in [2.05, 4.69) is 24.9 Å². The number of nitrogens with two attached hydrogens (primary N) is 3. The number of pyridine rings is 3. The number of carbonyl (C=O) groups is 1. The van der Waals surface area contributed by atoms with Crippen LogP contribution in [0, 0.1) is 37.5 Å². The first-order valence-electron chi connectivity index (χ1n) is 28.7. The summed E-state index contributed by atoms with van der Waals surface area (Å²) in [6.07, 6.45) is 14.3. The van der Waals surface area contributed by atoms with Crippen LogP contribution in [0.1, 0.15) is 70.6 Å². The molecule has 8 aromatic rings. The summed E-state index contributed by atoms with van der Waals surface area (Å²) in [6.45, 7) is 5.53. The first-order chi connectivity index (χ1) is 45.4. The average molecular weight is 1440 g/mol. The van der Waals surface area contributed by atoms with E-state index in [1.165, 1.54) is 58.4 Å². The normalized spacial score (nSPS) is 14.9. The van der Waals surface area contributed by atoms with Crippen LogP contribution in [0.3, 0.4) is 0 Å². The number of carbonyl (C=O) groups excluding carboxylic acids is 1.